The molecule has 4 amide bonds. The second kappa shape index (κ2) is 12.0. The Morgan fingerprint density at radius 3 is 2.43 bits per heavy atom. The van der Waals surface area contributed by atoms with Crippen LogP contribution >= 0.6 is 0 Å². The summed E-state index contributed by atoms with van der Waals surface area (Å²) in [5, 5.41) is 7.49. The number of aromatic nitrogens is 1. The van der Waals surface area contributed by atoms with Gasteiger partial charge in [0.05, 0.1) is 18.6 Å². The Kier molecular flexibility index (Phi) is 7.83. The predicted octanol–water partition coefficient (Wildman–Crippen LogP) is 4.33. The minimum absolute atomic E-state index is 0.0199. The van der Waals surface area contributed by atoms with E-state index in [1.54, 1.807) is 16.1 Å². The molecular weight excluding hydrogens is 528 g/mol. The summed E-state index contributed by atoms with van der Waals surface area (Å²) in [4.78, 5) is 49.3. The van der Waals surface area contributed by atoms with E-state index in [0.717, 1.165) is 27.6 Å². The smallest absolute Gasteiger partial charge is 0.332 e. The molecule has 2 aliphatic heterocycles. The van der Waals surface area contributed by atoms with E-state index in [2.05, 4.69) is 10.3 Å². The third kappa shape index (κ3) is 5.31. The van der Waals surface area contributed by atoms with Crippen molar-refractivity contribution in [2.75, 3.05) is 19.6 Å². The van der Waals surface area contributed by atoms with Gasteiger partial charge in [-0.05, 0) is 35.2 Å². The van der Waals surface area contributed by atoms with E-state index >= 15 is 0 Å². The highest BCUT2D eigenvalue weighted by molar-refractivity contribution is 5.93. The lowest BCUT2D eigenvalue weighted by molar-refractivity contribution is -0.158. The number of nitrogens with one attached hydrogen (secondary N) is 1. The number of carbonyl (C=O) groups is 3. The van der Waals surface area contributed by atoms with E-state index < -0.39 is 12.2 Å². The van der Waals surface area contributed by atoms with Crippen molar-refractivity contribution in [3.8, 4) is 0 Å². The van der Waals surface area contributed by atoms with Crippen molar-refractivity contribution >= 4 is 28.7 Å². The number of benzene rings is 3. The normalized spacial score (nSPS) is 18.8. The molecule has 4 aromatic rings. The van der Waals surface area contributed by atoms with E-state index in [4.69, 9.17) is 0 Å². The predicted molar refractivity (Wildman–Crippen MR) is 159 cm³/mol. The van der Waals surface area contributed by atoms with Crippen molar-refractivity contribution < 1.29 is 14.4 Å². The summed E-state index contributed by atoms with van der Waals surface area (Å²) < 4.78 is 0. The molecule has 6 rings (SSSR count). The van der Waals surface area contributed by atoms with E-state index in [0.29, 0.717) is 26.1 Å². The number of hydrogen-bond acceptors (Lipinski definition) is 5. The molecule has 2 saturated heterocycles. The molecule has 1 aromatic heterocycles. The molecule has 0 aliphatic carbocycles. The van der Waals surface area contributed by atoms with Crippen molar-refractivity contribution in [1.82, 2.24) is 30.1 Å². The number of para-hydroxylation sites is 1. The van der Waals surface area contributed by atoms with Crippen molar-refractivity contribution in [3.05, 3.63) is 114 Å². The summed E-state index contributed by atoms with van der Waals surface area (Å²) in [6, 6.07) is 27.9. The number of nitrogens with zero attached hydrogens (tertiary/aromatic N) is 5. The number of piperazine rings is 1. The molecule has 2 atom stereocenters. The number of pyridine rings is 1. The lowest BCUT2D eigenvalue weighted by atomic mass is 9.99. The molecule has 9 heteroatoms. The van der Waals surface area contributed by atoms with Gasteiger partial charge in [0.2, 0.25) is 5.91 Å². The maximum absolute atomic E-state index is 14.2. The van der Waals surface area contributed by atoms with E-state index in [9.17, 15) is 14.4 Å². The molecule has 2 aliphatic rings. The monoisotopic (exact) mass is 562 g/mol. The van der Waals surface area contributed by atoms with Gasteiger partial charge in [0.15, 0.2) is 0 Å². The number of urea groups is 1. The fraction of sp³-hybridized carbons (Fsp3) is 0.273. The first-order valence-corrected chi connectivity index (χ1v) is 14.4. The second-order valence-electron chi connectivity index (χ2n) is 10.7. The zero-order chi connectivity index (χ0) is 29.1. The first kappa shape index (κ1) is 27.4. The third-order valence-electron chi connectivity index (χ3n) is 7.94. The van der Waals surface area contributed by atoms with Gasteiger partial charge in [0.25, 0.3) is 5.91 Å². The van der Waals surface area contributed by atoms with Crippen molar-refractivity contribution in [1.29, 1.82) is 0 Å². The summed E-state index contributed by atoms with van der Waals surface area (Å²) in [6.07, 6.45) is 1.98. The van der Waals surface area contributed by atoms with Gasteiger partial charge in [-0.2, -0.15) is 5.01 Å². The van der Waals surface area contributed by atoms with E-state index in [-0.39, 0.29) is 30.9 Å². The first-order chi connectivity index (χ1) is 20.5. The SMILES string of the molecule is CCCN(C(=O)NCc1ccccc1)N1CC(=O)N2[C@@H](c3ccccc3)C(=O)N(Cc3ccnc4ccccc34)C[C@@H]21. The number of fused-ring (bicyclic) bond motifs is 2. The summed E-state index contributed by atoms with van der Waals surface area (Å²) >= 11 is 0. The number of hydrazine groups is 1. The summed E-state index contributed by atoms with van der Waals surface area (Å²) in [7, 11) is 0. The van der Waals surface area contributed by atoms with E-state index in [1.165, 1.54) is 0 Å². The van der Waals surface area contributed by atoms with Crippen LogP contribution in [0.2, 0.25) is 0 Å². The van der Waals surface area contributed by atoms with Crippen LogP contribution in [0.25, 0.3) is 10.9 Å². The summed E-state index contributed by atoms with van der Waals surface area (Å²) in [6.45, 7) is 3.49. The van der Waals surface area contributed by atoms with Crippen molar-refractivity contribution in [3.63, 3.8) is 0 Å². The van der Waals surface area contributed by atoms with Gasteiger partial charge < -0.3 is 15.1 Å². The van der Waals surface area contributed by atoms with Crippen LogP contribution in [0.4, 0.5) is 4.79 Å². The minimum Gasteiger partial charge on any atom is -0.333 e. The van der Waals surface area contributed by atoms with Gasteiger partial charge in [0.1, 0.15) is 12.2 Å². The summed E-state index contributed by atoms with van der Waals surface area (Å²) in [5.74, 6) is -0.308. The maximum Gasteiger partial charge on any atom is 0.332 e. The van der Waals surface area contributed by atoms with Crippen LogP contribution in [-0.4, -0.2) is 68.4 Å². The average molecular weight is 563 g/mol. The highest BCUT2D eigenvalue weighted by atomic mass is 16.2. The van der Waals surface area contributed by atoms with Crippen LogP contribution in [0.3, 0.4) is 0 Å². The first-order valence-electron chi connectivity index (χ1n) is 14.4. The van der Waals surface area contributed by atoms with Crippen LogP contribution in [0.5, 0.6) is 0 Å². The lowest BCUT2D eigenvalue weighted by Gasteiger charge is -2.46. The summed E-state index contributed by atoms with van der Waals surface area (Å²) in [5.41, 5.74) is 3.59. The van der Waals surface area contributed by atoms with E-state index in [1.807, 2.05) is 108 Å². The molecule has 42 heavy (non-hydrogen) atoms. The Morgan fingerprint density at radius 2 is 1.67 bits per heavy atom. The molecule has 9 nitrogen and oxygen atoms in total. The van der Waals surface area contributed by atoms with Crippen LogP contribution in [0.1, 0.15) is 36.1 Å². The zero-order valence-corrected chi connectivity index (χ0v) is 23.6. The van der Waals surface area contributed by atoms with Gasteiger partial charge in [-0.1, -0.05) is 85.8 Å². The Labute approximate surface area is 245 Å². The number of hydrogen-bond donors (Lipinski definition) is 1. The lowest BCUT2D eigenvalue weighted by Crippen LogP contribution is -2.62. The molecular formula is C33H34N6O3. The molecule has 214 valence electrons. The van der Waals surface area contributed by atoms with Crippen LogP contribution in [0.15, 0.2) is 97.2 Å². The average Bonchev–Trinajstić information content (AvgIpc) is 3.35. The van der Waals surface area contributed by atoms with Gasteiger partial charge in [-0.3, -0.25) is 19.6 Å². The Morgan fingerprint density at radius 1 is 0.952 bits per heavy atom. The second-order valence-corrected chi connectivity index (χ2v) is 10.7. The molecule has 0 radical (unpaired) electrons. The van der Waals surface area contributed by atoms with Gasteiger partial charge >= 0.3 is 6.03 Å². The Balaban J connectivity index is 1.33. The molecule has 2 fully saturated rings. The number of carbonyl (C=O) groups excluding carboxylic acids is 3. The Hall–Kier alpha value is -4.76. The number of rotatable bonds is 8. The molecule has 0 spiro atoms. The Bertz CT molecular complexity index is 1580. The molecule has 0 unspecified atom stereocenters. The highest BCUT2D eigenvalue weighted by Crippen LogP contribution is 2.36. The molecule has 0 saturated carbocycles. The topological polar surface area (TPSA) is 89.1 Å². The fourth-order valence-corrected chi connectivity index (χ4v) is 5.96. The maximum atomic E-state index is 14.2. The van der Waals surface area contributed by atoms with Gasteiger partial charge in [0, 0.05) is 31.2 Å². The van der Waals surface area contributed by atoms with Gasteiger partial charge in [-0.25, -0.2) is 4.79 Å². The van der Waals surface area contributed by atoms with Crippen LogP contribution in [-0.2, 0) is 22.7 Å². The zero-order valence-electron chi connectivity index (χ0n) is 23.6. The molecule has 0 bridgehead atoms. The standard InChI is InChI=1S/C33H34N6O3/c1-2-19-37(33(42)35-20-24-11-5-3-6-12-24)38-23-30(40)39-29(38)22-36(32(41)31(39)25-13-7-4-8-14-25)21-26-17-18-34-28-16-10-9-15-27(26)28/h3-18,29,31H,2,19-23H2,1H3,(H,35,42)/t29-,31+/m1/s1. The minimum atomic E-state index is -0.786. The van der Waals surface area contributed by atoms with Crippen LogP contribution < -0.4 is 5.32 Å². The highest BCUT2D eigenvalue weighted by Gasteiger charge is 2.52. The quantitative estimate of drug-likeness (QED) is 0.346. The van der Waals surface area contributed by atoms with Gasteiger partial charge in [-0.15, -0.1) is 0 Å². The molecule has 3 heterocycles. The number of amides is 4. The fourth-order valence-electron chi connectivity index (χ4n) is 5.96. The largest absolute Gasteiger partial charge is 0.333 e. The van der Waals surface area contributed by atoms with Crippen molar-refractivity contribution in [2.24, 2.45) is 0 Å². The van der Waals surface area contributed by atoms with Crippen molar-refractivity contribution in [2.45, 2.75) is 38.6 Å². The molecule has 3 aromatic carbocycles. The molecule has 1 N–H and O–H groups in total. The third-order valence-corrected chi connectivity index (χ3v) is 7.94. The van der Waals surface area contributed by atoms with Crippen LogP contribution in [0, 0.1) is 0 Å².